The molecule has 1 aromatic heterocycles. The van der Waals surface area contributed by atoms with Gasteiger partial charge in [-0.05, 0) is 49.4 Å². The van der Waals surface area contributed by atoms with Crippen molar-refractivity contribution >= 4 is 13.0 Å². The molecule has 2 bridgehead atoms. The average molecular weight is 374 g/mol. The van der Waals surface area contributed by atoms with E-state index in [1.807, 2.05) is 0 Å². The number of carbonyl (C=O) groups is 1. The predicted molar refractivity (Wildman–Crippen MR) is 102 cm³/mol. The maximum atomic E-state index is 12.6. The standard InChI is InChI=1S/C19H31BN4O3/c1-11(2)7-16(21-17(25)13-10-24(6)23-22-13)20-26-15-9-12-8-14(18(12,3)4)19(15,5)27-20/h10-12,14-16H,7-9H2,1-6H3,(H,21,25)/t12-,14-,15+,16-,19-/m0/s1. The van der Waals surface area contributed by atoms with Gasteiger partial charge in [-0.1, -0.05) is 32.9 Å². The van der Waals surface area contributed by atoms with Gasteiger partial charge in [0.05, 0.1) is 23.8 Å². The van der Waals surface area contributed by atoms with Crippen LogP contribution >= 0.6 is 0 Å². The Kier molecular flexibility index (Phi) is 4.42. The molecule has 7 nitrogen and oxygen atoms in total. The van der Waals surface area contributed by atoms with E-state index in [9.17, 15) is 4.79 Å². The molecule has 4 aliphatic rings. The summed E-state index contributed by atoms with van der Waals surface area (Å²) in [6.45, 7) is 11.2. The van der Waals surface area contributed by atoms with E-state index in [2.05, 4.69) is 50.2 Å². The van der Waals surface area contributed by atoms with Gasteiger partial charge >= 0.3 is 7.12 Å². The first-order valence-electron chi connectivity index (χ1n) is 10.1. The molecule has 0 spiro atoms. The largest absolute Gasteiger partial charge is 0.481 e. The van der Waals surface area contributed by atoms with Crippen LogP contribution in [0.3, 0.4) is 0 Å². The lowest BCUT2D eigenvalue weighted by Crippen LogP contribution is -2.65. The van der Waals surface area contributed by atoms with Gasteiger partial charge in [-0.2, -0.15) is 0 Å². The number of nitrogens with one attached hydrogen (secondary N) is 1. The van der Waals surface area contributed by atoms with E-state index in [0.29, 0.717) is 28.9 Å². The summed E-state index contributed by atoms with van der Waals surface area (Å²) in [5.74, 6) is 1.19. The van der Waals surface area contributed by atoms with Crippen LogP contribution in [0.25, 0.3) is 0 Å². The van der Waals surface area contributed by atoms with Gasteiger partial charge in [-0.3, -0.25) is 9.48 Å². The Morgan fingerprint density at radius 2 is 2.15 bits per heavy atom. The number of carbonyl (C=O) groups excluding carboxylic acids is 1. The summed E-state index contributed by atoms with van der Waals surface area (Å²) >= 11 is 0. The van der Waals surface area contributed by atoms with Crippen LogP contribution in [0.5, 0.6) is 0 Å². The normalized spacial score (nSPS) is 34.9. The number of amides is 1. The monoisotopic (exact) mass is 374 g/mol. The van der Waals surface area contributed by atoms with Gasteiger partial charge in [0.1, 0.15) is 0 Å². The number of rotatable bonds is 5. The van der Waals surface area contributed by atoms with Crippen LogP contribution in [0.1, 0.15) is 64.4 Å². The molecule has 1 amide bonds. The number of hydrogen-bond acceptors (Lipinski definition) is 5. The number of aryl methyl sites for hydroxylation is 1. The van der Waals surface area contributed by atoms with E-state index in [-0.39, 0.29) is 23.6 Å². The molecule has 0 aromatic carbocycles. The summed E-state index contributed by atoms with van der Waals surface area (Å²) in [4.78, 5) is 12.6. The molecule has 4 fully saturated rings. The van der Waals surface area contributed by atoms with Gasteiger partial charge in [0, 0.05) is 7.05 Å². The zero-order valence-electron chi connectivity index (χ0n) is 17.2. The zero-order chi connectivity index (χ0) is 19.6. The second kappa shape index (κ2) is 6.31. The van der Waals surface area contributed by atoms with Crippen molar-refractivity contribution in [2.45, 2.75) is 71.5 Å². The molecule has 1 saturated heterocycles. The van der Waals surface area contributed by atoms with Crippen molar-refractivity contribution in [3.63, 3.8) is 0 Å². The van der Waals surface area contributed by atoms with Crippen molar-refractivity contribution in [3.05, 3.63) is 11.9 Å². The Morgan fingerprint density at radius 1 is 1.41 bits per heavy atom. The fourth-order valence-electron chi connectivity index (χ4n) is 5.51. The lowest BCUT2D eigenvalue weighted by atomic mass is 9.43. The minimum atomic E-state index is -0.418. The van der Waals surface area contributed by atoms with Gasteiger partial charge in [0.15, 0.2) is 5.69 Å². The average Bonchev–Trinajstić information content (AvgIpc) is 3.15. The molecule has 5 rings (SSSR count). The van der Waals surface area contributed by atoms with Crippen LogP contribution in [0.2, 0.25) is 0 Å². The second-order valence-electron chi connectivity index (χ2n) is 9.82. The topological polar surface area (TPSA) is 78.3 Å². The molecule has 3 aliphatic carbocycles. The molecule has 3 saturated carbocycles. The van der Waals surface area contributed by atoms with Crippen molar-refractivity contribution in [1.82, 2.24) is 20.3 Å². The number of aromatic nitrogens is 3. The van der Waals surface area contributed by atoms with Crippen molar-refractivity contribution in [3.8, 4) is 0 Å². The maximum absolute atomic E-state index is 12.6. The fraction of sp³-hybridized carbons (Fsp3) is 0.842. The van der Waals surface area contributed by atoms with Gasteiger partial charge < -0.3 is 14.6 Å². The van der Waals surface area contributed by atoms with Gasteiger partial charge in [-0.25, -0.2) is 0 Å². The molecule has 27 heavy (non-hydrogen) atoms. The number of hydrogen-bond donors (Lipinski definition) is 1. The van der Waals surface area contributed by atoms with E-state index in [1.54, 1.807) is 13.2 Å². The molecule has 8 heteroatoms. The lowest BCUT2D eigenvalue weighted by Gasteiger charge is -2.64. The zero-order valence-corrected chi connectivity index (χ0v) is 17.2. The molecule has 0 unspecified atom stereocenters. The maximum Gasteiger partial charge on any atom is 0.481 e. The van der Waals surface area contributed by atoms with E-state index in [1.165, 1.54) is 11.1 Å². The molecule has 2 heterocycles. The SMILES string of the molecule is CC(C)C[C@H](NC(=O)c1cn(C)nn1)B1O[C@@H]2C[C@@H]3C[C@@H](C3(C)C)[C@]2(C)O1. The van der Waals surface area contributed by atoms with Crippen molar-refractivity contribution in [1.29, 1.82) is 0 Å². The molecule has 1 N–H and O–H groups in total. The summed E-state index contributed by atoms with van der Waals surface area (Å²) in [5.41, 5.74) is 0.353. The molecule has 1 aromatic rings. The summed E-state index contributed by atoms with van der Waals surface area (Å²) < 4.78 is 14.5. The molecular weight excluding hydrogens is 343 g/mol. The van der Waals surface area contributed by atoms with Gasteiger partial charge in [0.25, 0.3) is 5.91 Å². The van der Waals surface area contributed by atoms with Crippen LogP contribution in [0.4, 0.5) is 0 Å². The fourth-order valence-corrected chi connectivity index (χ4v) is 5.51. The second-order valence-corrected chi connectivity index (χ2v) is 9.82. The minimum Gasteiger partial charge on any atom is -0.404 e. The van der Waals surface area contributed by atoms with Gasteiger partial charge in [0.2, 0.25) is 0 Å². The van der Waals surface area contributed by atoms with Crippen molar-refractivity contribution in [2.24, 2.45) is 30.2 Å². The molecule has 0 radical (unpaired) electrons. The lowest BCUT2D eigenvalue weighted by molar-refractivity contribution is -0.199. The highest BCUT2D eigenvalue weighted by atomic mass is 16.7. The van der Waals surface area contributed by atoms with Crippen LogP contribution in [-0.4, -0.2) is 45.7 Å². The Bertz CT molecular complexity index is 736. The molecule has 5 atom stereocenters. The Labute approximate surface area is 161 Å². The predicted octanol–water partition coefficient (Wildman–Crippen LogP) is 2.23. The van der Waals surface area contributed by atoms with Crippen LogP contribution in [-0.2, 0) is 16.4 Å². The first-order valence-corrected chi connectivity index (χ1v) is 10.1. The highest BCUT2D eigenvalue weighted by molar-refractivity contribution is 6.48. The van der Waals surface area contributed by atoms with E-state index >= 15 is 0 Å². The van der Waals surface area contributed by atoms with E-state index in [0.717, 1.165) is 12.8 Å². The third-order valence-electron chi connectivity index (χ3n) is 7.17. The minimum absolute atomic E-state index is 0.113. The summed E-state index contributed by atoms with van der Waals surface area (Å²) in [6, 6.07) is 0. The third kappa shape index (κ3) is 3.01. The van der Waals surface area contributed by atoms with Crippen LogP contribution in [0.15, 0.2) is 6.20 Å². The Morgan fingerprint density at radius 3 is 2.74 bits per heavy atom. The Balaban J connectivity index is 1.51. The van der Waals surface area contributed by atoms with Gasteiger partial charge in [-0.15, -0.1) is 5.10 Å². The first-order chi connectivity index (χ1) is 12.6. The highest BCUT2D eigenvalue weighted by Crippen LogP contribution is 2.65. The summed E-state index contributed by atoms with van der Waals surface area (Å²) in [7, 11) is 1.33. The van der Waals surface area contributed by atoms with Crippen LogP contribution in [0, 0.1) is 23.2 Å². The number of nitrogens with zero attached hydrogens (tertiary/aromatic N) is 3. The molecule has 148 valence electrons. The molecule has 1 aliphatic heterocycles. The quantitative estimate of drug-likeness (QED) is 0.800. The van der Waals surface area contributed by atoms with Crippen LogP contribution < -0.4 is 5.32 Å². The smallest absolute Gasteiger partial charge is 0.404 e. The van der Waals surface area contributed by atoms with Crippen molar-refractivity contribution < 1.29 is 14.1 Å². The van der Waals surface area contributed by atoms with E-state index < -0.39 is 7.12 Å². The first kappa shape index (κ1) is 18.9. The summed E-state index contributed by atoms with van der Waals surface area (Å²) in [5, 5.41) is 10.9. The van der Waals surface area contributed by atoms with E-state index in [4.69, 9.17) is 9.31 Å². The van der Waals surface area contributed by atoms with Crippen molar-refractivity contribution in [2.75, 3.05) is 0 Å². The molecular formula is C19H31BN4O3. The summed E-state index contributed by atoms with van der Waals surface area (Å²) in [6.07, 6.45) is 4.79. The Hall–Kier alpha value is -1.41. The third-order valence-corrected chi connectivity index (χ3v) is 7.17. The highest BCUT2D eigenvalue weighted by Gasteiger charge is 2.68.